The van der Waals surface area contributed by atoms with E-state index in [0.29, 0.717) is 0 Å². The number of hydrogen-bond donors (Lipinski definition) is 1. The number of furan rings is 1. The van der Waals surface area contributed by atoms with E-state index in [9.17, 15) is 0 Å². The second-order valence-corrected chi connectivity index (χ2v) is 5.19. The van der Waals surface area contributed by atoms with Crippen molar-refractivity contribution in [2.45, 2.75) is 52.2 Å². The predicted molar refractivity (Wildman–Crippen MR) is 69.9 cm³/mol. The molecule has 1 heterocycles. The molecule has 3 heteroatoms. The van der Waals surface area contributed by atoms with Gasteiger partial charge in [0.2, 0.25) is 0 Å². The monoisotopic (exact) mass is 236 g/mol. The van der Waals surface area contributed by atoms with E-state index in [2.05, 4.69) is 37.2 Å². The zero-order valence-electron chi connectivity index (χ0n) is 11.3. The van der Waals surface area contributed by atoms with Gasteiger partial charge in [-0.05, 0) is 45.8 Å². The Morgan fingerprint density at radius 1 is 1.47 bits per heavy atom. The van der Waals surface area contributed by atoms with Crippen molar-refractivity contribution in [3.05, 3.63) is 23.2 Å². The first-order valence-corrected chi connectivity index (χ1v) is 6.69. The molecule has 0 amide bonds. The van der Waals surface area contributed by atoms with Crippen LogP contribution in [0, 0.1) is 6.92 Å². The van der Waals surface area contributed by atoms with Gasteiger partial charge < -0.3 is 14.6 Å². The quantitative estimate of drug-likeness (QED) is 0.789. The van der Waals surface area contributed by atoms with E-state index in [-0.39, 0.29) is 0 Å². The molecule has 1 aliphatic carbocycles. The smallest absolute Gasteiger partial charge is 0.118 e. The second kappa shape index (κ2) is 5.69. The zero-order chi connectivity index (χ0) is 12.3. The lowest BCUT2D eigenvalue weighted by Gasteiger charge is -2.14. The lowest BCUT2D eigenvalue weighted by atomic mass is 10.2. The number of rotatable bonds is 7. The van der Waals surface area contributed by atoms with E-state index < -0.39 is 0 Å². The van der Waals surface area contributed by atoms with E-state index >= 15 is 0 Å². The van der Waals surface area contributed by atoms with Gasteiger partial charge in [-0.15, -0.1) is 0 Å². The van der Waals surface area contributed by atoms with E-state index in [0.717, 1.165) is 37.2 Å². The van der Waals surface area contributed by atoms with Crippen molar-refractivity contribution in [2.75, 3.05) is 13.6 Å². The summed E-state index contributed by atoms with van der Waals surface area (Å²) in [6.07, 6.45) is 3.85. The Bertz CT molecular complexity index is 355. The van der Waals surface area contributed by atoms with Crippen molar-refractivity contribution in [1.82, 2.24) is 10.2 Å². The molecular formula is C14H24N2O. The summed E-state index contributed by atoms with van der Waals surface area (Å²) in [5.74, 6) is 2.15. The maximum atomic E-state index is 5.78. The molecule has 0 unspecified atom stereocenters. The van der Waals surface area contributed by atoms with Crippen LogP contribution >= 0.6 is 0 Å². The van der Waals surface area contributed by atoms with Crippen LogP contribution in [0.3, 0.4) is 0 Å². The maximum Gasteiger partial charge on any atom is 0.118 e. The minimum absolute atomic E-state index is 0.742. The second-order valence-electron chi connectivity index (χ2n) is 5.19. The van der Waals surface area contributed by atoms with Gasteiger partial charge in [0.15, 0.2) is 0 Å². The molecule has 2 rings (SSSR count). The summed E-state index contributed by atoms with van der Waals surface area (Å²) in [7, 11) is 2.16. The fraction of sp³-hybridized carbons (Fsp3) is 0.714. The number of nitrogens with one attached hydrogen (secondary N) is 1. The molecule has 3 nitrogen and oxygen atoms in total. The molecular weight excluding hydrogens is 212 g/mol. The third-order valence-corrected chi connectivity index (χ3v) is 3.26. The molecule has 1 aromatic heterocycles. The highest BCUT2D eigenvalue weighted by Gasteiger charge is 2.20. The van der Waals surface area contributed by atoms with Gasteiger partial charge in [-0.2, -0.15) is 0 Å². The van der Waals surface area contributed by atoms with Crippen LogP contribution < -0.4 is 5.32 Å². The van der Waals surface area contributed by atoms with Gasteiger partial charge in [0.25, 0.3) is 0 Å². The highest BCUT2D eigenvalue weighted by Crippen LogP contribution is 2.21. The van der Waals surface area contributed by atoms with Gasteiger partial charge in [-0.3, -0.25) is 0 Å². The maximum absolute atomic E-state index is 5.78. The van der Waals surface area contributed by atoms with Gasteiger partial charge in [-0.25, -0.2) is 0 Å². The fourth-order valence-corrected chi connectivity index (χ4v) is 2.12. The minimum atomic E-state index is 0.742. The Hall–Kier alpha value is -0.800. The van der Waals surface area contributed by atoms with Crippen molar-refractivity contribution in [2.24, 2.45) is 0 Å². The largest absolute Gasteiger partial charge is 0.465 e. The van der Waals surface area contributed by atoms with Gasteiger partial charge in [0, 0.05) is 18.2 Å². The first kappa shape index (κ1) is 12.7. The van der Waals surface area contributed by atoms with Crippen molar-refractivity contribution in [3.63, 3.8) is 0 Å². The Balaban J connectivity index is 1.87. The Labute approximate surface area is 104 Å². The average Bonchev–Trinajstić information content (AvgIpc) is 3.03. The molecule has 1 N–H and O–H groups in total. The molecule has 0 bridgehead atoms. The third kappa shape index (κ3) is 3.86. The van der Waals surface area contributed by atoms with Crippen molar-refractivity contribution in [3.8, 4) is 0 Å². The van der Waals surface area contributed by atoms with Crippen molar-refractivity contribution in [1.29, 1.82) is 0 Å². The standard InChI is InChI=1S/C14H24N2O/c1-4-7-16(3)10-12-8-14(17-11(12)2)9-15-13-5-6-13/h8,13,15H,4-7,9-10H2,1-3H3. The normalized spacial score (nSPS) is 15.8. The molecule has 1 aliphatic rings. The minimum Gasteiger partial charge on any atom is -0.465 e. The molecule has 17 heavy (non-hydrogen) atoms. The van der Waals surface area contributed by atoms with Gasteiger partial charge >= 0.3 is 0 Å². The first-order valence-electron chi connectivity index (χ1n) is 6.69. The van der Waals surface area contributed by atoms with Crippen molar-refractivity contribution < 1.29 is 4.42 Å². The topological polar surface area (TPSA) is 28.4 Å². The Morgan fingerprint density at radius 2 is 2.24 bits per heavy atom. The van der Waals surface area contributed by atoms with Gasteiger partial charge in [-0.1, -0.05) is 6.92 Å². The molecule has 1 saturated carbocycles. The van der Waals surface area contributed by atoms with E-state index in [1.54, 1.807) is 0 Å². The van der Waals surface area contributed by atoms with Crippen LogP contribution in [0.2, 0.25) is 0 Å². The molecule has 0 saturated heterocycles. The molecule has 0 spiro atoms. The van der Waals surface area contributed by atoms with Crippen LogP contribution in [0.25, 0.3) is 0 Å². The zero-order valence-corrected chi connectivity index (χ0v) is 11.3. The van der Waals surface area contributed by atoms with Crippen LogP contribution in [-0.4, -0.2) is 24.5 Å². The lowest BCUT2D eigenvalue weighted by molar-refractivity contribution is 0.324. The molecule has 1 aromatic rings. The number of nitrogens with zero attached hydrogens (tertiary/aromatic N) is 1. The van der Waals surface area contributed by atoms with E-state index in [1.807, 2.05) is 0 Å². The molecule has 0 aromatic carbocycles. The van der Waals surface area contributed by atoms with Crippen LogP contribution in [0.1, 0.15) is 43.3 Å². The van der Waals surface area contributed by atoms with Crippen molar-refractivity contribution >= 4 is 0 Å². The predicted octanol–water partition coefficient (Wildman–Crippen LogP) is 2.68. The summed E-state index contributed by atoms with van der Waals surface area (Å²) < 4.78 is 5.78. The lowest BCUT2D eigenvalue weighted by Crippen LogP contribution is -2.18. The van der Waals surface area contributed by atoms with Crippen LogP contribution in [0.4, 0.5) is 0 Å². The van der Waals surface area contributed by atoms with Crippen LogP contribution in [-0.2, 0) is 13.1 Å². The fourth-order valence-electron chi connectivity index (χ4n) is 2.12. The highest BCUT2D eigenvalue weighted by atomic mass is 16.3. The highest BCUT2D eigenvalue weighted by molar-refractivity contribution is 5.20. The Kier molecular flexibility index (Phi) is 4.24. The SMILES string of the molecule is CCCN(C)Cc1cc(CNC2CC2)oc1C. The molecule has 0 atom stereocenters. The third-order valence-electron chi connectivity index (χ3n) is 3.26. The van der Waals surface area contributed by atoms with Gasteiger partial charge in [0.05, 0.1) is 6.54 Å². The summed E-state index contributed by atoms with van der Waals surface area (Å²) in [4.78, 5) is 2.34. The summed E-state index contributed by atoms with van der Waals surface area (Å²) in [6.45, 7) is 7.29. The van der Waals surface area contributed by atoms with Crippen LogP contribution in [0.5, 0.6) is 0 Å². The summed E-state index contributed by atoms with van der Waals surface area (Å²) >= 11 is 0. The molecule has 96 valence electrons. The van der Waals surface area contributed by atoms with E-state index in [4.69, 9.17) is 4.42 Å². The summed E-state index contributed by atoms with van der Waals surface area (Å²) in [6, 6.07) is 2.95. The van der Waals surface area contributed by atoms with E-state index in [1.165, 1.54) is 24.8 Å². The Morgan fingerprint density at radius 3 is 2.88 bits per heavy atom. The first-order chi connectivity index (χ1) is 8.19. The average molecular weight is 236 g/mol. The molecule has 0 radical (unpaired) electrons. The number of hydrogen-bond acceptors (Lipinski definition) is 3. The molecule has 0 aliphatic heterocycles. The van der Waals surface area contributed by atoms with Crippen LogP contribution in [0.15, 0.2) is 10.5 Å². The summed E-state index contributed by atoms with van der Waals surface area (Å²) in [5.41, 5.74) is 1.33. The summed E-state index contributed by atoms with van der Waals surface area (Å²) in [5, 5.41) is 3.48. The number of aryl methyl sites for hydroxylation is 1. The molecule has 1 fully saturated rings. The van der Waals surface area contributed by atoms with Gasteiger partial charge in [0.1, 0.15) is 11.5 Å².